The maximum absolute atomic E-state index is 13.3. The number of carbonyl (C=O) groups is 1. The molecule has 35 heavy (non-hydrogen) atoms. The Bertz CT molecular complexity index is 1430. The summed E-state index contributed by atoms with van der Waals surface area (Å²) in [5, 5.41) is 7.40. The number of hydrogen-bond acceptors (Lipinski definition) is 6. The highest BCUT2D eigenvalue weighted by Crippen LogP contribution is 2.26. The second-order valence-electron chi connectivity index (χ2n) is 8.11. The van der Waals surface area contributed by atoms with Gasteiger partial charge in [-0.1, -0.05) is 12.1 Å². The van der Waals surface area contributed by atoms with E-state index in [1.165, 1.54) is 4.52 Å². The molecule has 9 heteroatoms. The molecule has 0 bridgehead atoms. The van der Waals surface area contributed by atoms with Gasteiger partial charge in [0.15, 0.2) is 0 Å². The number of hydrogen-bond donors (Lipinski definition) is 1. The molecule has 0 atom stereocenters. The highest BCUT2D eigenvalue weighted by Gasteiger charge is 2.17. The second kappa shape index (κ2) is 9.92. The van der Waals surface area contributed by atoms with Crippen molar-refractivity contribution in [1.82, 2.24) is 14.2 Å². The molecule has 2 heterocycles. The fourth-order valence-electron chi connectivity index (χ4n) is 3.97. The predicted molar refractivity (Wildman–Crippen MR) is 134 cm³/mol. The van der Waals surface area contributed by atoms with Crippen molar-refractivity contribution >= 4 is 17.2 Å². The summed E-state index contributed by atoms with van der Waals surface area (Å²) >= 11 is 0. The Balaban J connectivity index is 1.59. The number of aryl methyl sites for hydroxylation is 1. The van der Waals surface area contributed by atoms with E-state index in [0.29, 0.717) is 39.8 Å². The minimum absolute atomic E-state index is 0.130. The number of nitrogens with zero attached hydrogens (tertiary/aromatic N) is 3. The topological polar surface area (TPSA) is 96.1 Å². The van der Waals surface area contributed by atoms with Crippen LogP contribution in [0.2, 0.25) is 0 Å². The van der Waals surface area contributed by atoms with Crippen LogP contribution in [0.25, 0.3) is 16.9 Å². The average Bonchev–Trinajstić information content (AvgIpc) is 3.33. The van der Waals surface area contributed by atoms with E-state index in [1.54, 1.807) is 39.5 Å². The van der Waals surface area contributed by atoms with Gasteiger partial charge in [0, 0.05) is 60.2 Å². The molecular formula is C26H28N4O5. The van der Waals surface area contributed by atoms with Gasteiger partial charge in [0.25, 0.3) is 5.56 Å². The first-order chi connectivity index (χ1) is 16.8. The third-order valence-corrected chi connectivity index (χ3v) is 6.03. The van der Waals surface area contributed by atoms with Gasteiger partial charge in [-0.25, -0.2) is 0 Å². The molecule has 2 aromatic carbocycles. The van der Waals surface area contributed by atoms with Crippen LogP contribution in [-0.2, 0) is 18.3 Å². The first-order valence-corrected chi connectivity index (χ1v) is 11.1. The molecule has 0 spiro atoms. The van der Waals surface area contributed by atoms with Crippen LogP contribution >= 0.6 is 0 Å². The zero-order valence-electron chi connectivity index (χ0n) is 20.4. The summed E-state index contributed by atoms with van der Waals surface area (Å²) in [6, 6.07) is 14.5. The Kier molecular flexibility index (Phi) is 6.77. The highest BCUT2D eigenvalue weighted by molar-refractivity contribution is 5.91. The van der Waals surface area contributed by atoms with Crippen LogP contribution in [0.3, 0.4) is 0 Å². The lowest BCUT2D eigenvalue weighted by molar-refractivity contribution is -0.116. The van der Waals surface area contributed by atoms with Crippen molar-refractivity contribution in [2.75, 3.05) is 26.6 Å². The number of rotatable bonds is 8. The number of benzene rings is 2. The molecule has 0 aliphatic rings. The van der Waals surface area contributed by atoms with Crippen molar-refractivity contribution in [3.63, 3.8) is 0 Å². The minimum Gasteiger partial charge on any atom is -0.497 e. The number of aromatic nitrogens is 3. The van der Waals surface area contributed by atoms with Gasteiger partial charge >= 0.3 is 0 Å². The van der Waals surface area contributed by atoms with Crippen molar-refractivity contribution in [3.05, 3.63) is 70.1 Å². The maximum Gasteiger partial charge on any atom is 0.277 e. The summed E-state index contributed by atoms with van der Waals surface area (Å²) in [7, 11) is 6.58. The van der Waals surface area contributed by atoms with E-state index in [9.17, 15) is 9.59 Å². The lowest BCUT2D eigenvalue weighted by atomic mass is 10.1. The fraction of sp³-hybridized carbons (Fsp3) is 0.269. The maximum atomic E-state index is 13.3. The number of methoxy groups -OCH3 is 3. The molecule has 2 aromatic heterocycles. The standard InChI is InChI=1S/C26H28N4O5/c1-16-22(9-10-24(31)27-18-12-20(34-4)14-21(13-18)35-5)26(32)30-25(29(16)2)15-23(28-30)17-7-6-8-19(11-17)33-3/h6-8,11-15H,9-10H2,1-5H3,(H,27,31). The van der Waals surface area contributed by atoms with E-state index < -0.39 is 0 Å². The molecule has 1 N–H and O–H groups in total. The number of ether oxygens (including phenoxy) is 3. The normalized spacial score (nSPS) is 10.9. The number of anilines is 1. The van der Waals surface area contributed by atoms with Crippen molar-refractivity contribution in [3.8, 4) is 28.5 Å². The molecule has 182 valence electrons. The molecule has 1 amide bonds. The lowest BCUT2D eigenvalue weighted by Crippen LogP contribution is -2.26. The summed E-state index contributed by atoms with van der Waals surface area (Å²) in [6.45, 7) is 1.87. The van der Waals surface area contributed by atoms with Gasteiger partial charge < -0.3 is 24.1 Å². The number of fused-ring (bicyclic) bond motifs is 1. The molecule has 0 fully saturated rings. The van der Waals surface area contributed by atoms with Crippen molar-refractivity contribution < 1.29 is 19.0 Å². The SMILES string of the molecule is COc1cc(NC(=O)CCc2c(C)n(C)c3cc(-c4cccc(OC)c4)nn3c2=O)cc(OC)c1. The third-order valence-electron chi connectivity index (χ3n) is 6.03. The van der Waals surface area contributed by atoms with Gasteiger partial charge in [-0.2, -0.15) is 9.61 Å². The Labute approximate surface area is 202 Å². The molecule has 4 rings (SSSR count). The molecule has 0 saturated carbocycles. The van der Waals surface area contributed by atoms with E-state index in [-0.39, 0.29) is 24.3 Å². The zero-order chi connectivity index (χ0) is 25.1. The zero-order valence-corrected chi connectivity index (χ0v) is 20.4. The van der Waals surface area contributed by atoms with E-state index in [2.05, 4.69) is 10.4 Å². The molecule has 0 aliphatic carbocycles. The largest absolute Gasteiger partial charge is 0.497 e. The van der Waals surface area contributed by atoms with E-state index in [0.717, 1.165) is 11.3 Å². The number of carbonyl (C=O) groups excluding carboxylic acids is 1. The molecule has 0 saturated heterocycles. The predicted octanol–water partition coefficient (Wildman–Crippen LogP) is 3.61. The van der Waals surface area contributed by atoms with Crippen LogP contribution in [0.5, 0.6) is 17.2 Å². The van der Waals surface area contributed by atoms with Gasteiger partial charge in [0.1, 0.15) is 22.9 Å². The Morgan fingerprint density at radius 3 is 2.31 bits per heavy atom. The summed E-state index contributed by atoms with van der Waals surface area (Å²) in [5.74, 6) is 1.63. The monoisotopic (exact) mass is 476 g/mol. The minimum atomic E-state index is -0.236. The van der Waals surface area contributed by atoms with Crippen LogP contribution in [0.15, 0.2) is 53.3 Å². The smallest absolute Gasteiger partial charge is 0.277 e. The summed E-state index contributed by atoms with van der Waals surface area (Å²) in [5.41, 5.74) is 3.83. The molecule has 9 nitrogen and oxygen atoms in total. The Morgan fingerprint density at radius 1 is 0.971 bits per heavy atom. The van der Waals surface area contributed by atoms with E-state index in [1.807, 2.05) is 48.9 Å². The summed E-state index contributed by atoms with van der Waals surface area (Å²) in [4.78, 5) is 26.0. The first-order valence-electron chi connectivity index (χ1n) is 11.1. The molecular weight excluding hydrogens is 448 g/mol. The lowest BCUT2D eigenvalue weighted by Gasteiger charge is -2.13. The number of nitrogens with one attached hydrogen (secondary N) is 1. The van der Waals surface area contributed by atoms with Gasteiger partial charge in [-0.15, -0.1) is 0 Å². The number of amides is 1. The Hall–Kier alpha value is -4.27. The van der Waals surface area contributed by atoms with Gasteiger partial charge in [-0.3, -0.25) is 9.59 Å². The Morgan fingerprint density at radius 2 is 1.66 bits per heavy atom. The first kappa shape index (κ1) is 23.9. The van der Waals surface area contributed by atoms with Crippen LogP contribution in [0.1, 0.15) is 17.7 Å². The van der Waals surface area contributed by atoms with Gasteiger partial charge in [-0.05, 0) is 25.5 Å². The second-order valence-corrected chi connectivity index (χ2v) is 8.11. The molecule has 4 aromatic rings. The van der Waals surface area contributed by atoms with Gasteiger partial charge in [0.05, 0.1) is 27.0 Å². The van der Waals surface area contributed by atoms with Crippen LogP contribution < -0.4 is 25.1 Å². The highest BCUT2D eigenvalue weighted by atomic mass is 16.5. The third kappa shape index (κ3) is 4.84. The van der Waals surface area contributed by atoms with Crippen LogP contribution in [0, 0.1) is 6.92 Å². The fourth-order valence-corrected chi connectivity index (χ4v) is 3.97. The van der Waals surface area contributed by atoms with Crippen molar-refractivity contribution in [2.45, 2.75) is 19.8 Å². The summed E-state index contributed by atoms with van der Waals surface area (Å²) < 4.78 is 19.1. The van der Waals surface area contributed by atoms with Crippen molar-refractivity contribution in [2.24, 2.45) is 7.05 Å². The quantitative estimate of drug-likeness (QED) is 0.417. The van der Waals surface area contributed by atoms with Gasteiger partial charge in [0.2, 0.25) is 5.91 Å². The summed E-state index contributed by atoms with van der Waals surface area (Å²) in [6.07, 6.45) is 0.404. The average molecular weight is 477 g/mol. The van der Waals surface area contributed by atoms with E-state index in [4.69, 9.17) is 14.2 Å². The molecule has 0 radical (unpaired) electrons. The van der Waals surface area contributed by atoms with Crippen LogP contribution in [-0.4, -0.2) is 41.4 Å². The van der Waals surface area contributed by atoms with E-state index >= 15 is 0 Å². The van der Waals surface area contributed by atoms with Crippen molar-refractivity contribution in [1.29, 1.82) is 0 Å². The molecule has 0 unspecified atom stereocenters. The van der Waals surface area contributed by atoms with Crippen LogP contribution in [0.4, 0.5) is 5.69 Å². The molecule has 0 aliphatic heterocycles.